The molecule has 4 nitrogen and oxygen atoms in total. The van der Waals surface area contributed by atoms with Gasteiger partial charge in [-0.2, -0.15) is 0 Å². The average molecular weight is 711 g/mol. The van der Waals surface area contributed by atoms with Gasteiger partial charge in [0.05, 0.1) is 5.39 Å². The Labute approximate surface area is 314 Å². The summed E-state index contributed by atoms with van der Waals surface area (Å²) in [5.41, 5.74) is 12.1. The molecule has 0 fully saturated rings. The average Bonchev–Trinajstić information content (AvgIpc) is 3.95. The number of nitrogens with zero attached hydrogens (tertiary/aromatic N) is 2. The van der Waals surface area contributed by atoms with Crippen LogP contribution in [0.2, 0.25) is 0 Å². The van der Waals surface area contributed by atoms with Crippen LogP contribution in [0.25, 0.3) is 86.9 Å². The number of benzene rings is 8. The van der Waals surface area contributed by atoms with Gasteiger partial charge in [0.25, 0.3) is 0 Å². The van der Waals surface area contributed by atoms with Crippen LogP contribution in [-0.4, -0.2) is 4.98 Å². The van der Waals surface area contributed by atoms with Crippen LogP contribution in [-0.2, 0) is 0 Å². The maximum Gasteiger partial charge on any atom is 0.227 e. The monoisotopic (exact) mass is 710 g/mol. The molecule has 0 aliphatic heterocycles. The van der Waals surface area contributed by atoms with Crippen molar-refractivity contribution in [2.24, 2.45) is 0 Å². The molecule has 0 aliphatic rings. The molecule has 3 heterocycles. The van der Waals surface area contributed by atoms with E-state index in [1.54, 1.807) is 0 Å². The van der Waals surface area contributed by atoms with Crippen LogP contribution in [0.15, 0.2) is 191 Å². The fourth-order valence-electron chi connectivity index (χ4n) is 7.73. The molecule has 0 saturated heterocycles. The van der Waals surface area contributed by atoms with Gasteiger partial charge in [-0.05, 0) is 101 Å². The number of rotatable bonds is 6. The highest BCUT2D eigenvalue weighted by atomic mass is 32.1. The van der Waals surface area contributed by atoms with Crippen LogP contribution in [0.4, 0.5) is 17.1 Å². The molecule has 3 aromatic heterocycles. The quantitative estimate of drug-likeness (QED) is 0.172. The second-order valence-corrected chi connectivity index (χ2v) is 14.6. The van der Waals surface area contributed by atoms with Gasteiger partial charge in [0.15, 0.2) is 5.58 Å². The molecule has 0 bridgehead atoms. The van der Waals surface area contributed by atoms with Crippen molar-refractivity contribution in [1.29, 1.82) is 0 Å². The van der Waals surface area contributed by atoms with Gasteiger partial charge in [0.1, 0.15) is 16.7 Å². The van der Waals surface area contributed by atoms with Crippen molar-refractivity contribution in [2.45, 2.75) is 0 Å². The fraction of sp³-hybridized carbons (Fsp3) is 0. The molecule has 0 spiro atoms. The maximum atomic E-state index is 6.41. The predicted molar refractivity (Wildman–Crippen MR) is 225 cm³/mol. The predicted octanol–water partition coefficient (Wildman–Crippen LogP) is 14.6. The second-order valence-electron chi connectivity index (χ2n) is 13.5. The molecule has 0 aliphatic carbocycles. The normalized spacial score (nSPS) is 11.7. The number of hydrogen-bond donors (Lipinski definition) is 0. The Hall–Kier alpha value is -6.95. The Morgan fingerprint density at radius 3 is 1.87 bits per heavy atom. The molecule has 54 heavy (non-hydrogen) atoms. The van der Waals surface area contributed by atoms with Crippen molar-refractivity contribution in [3.05, 3.63) is 182 Å². The summed E-state index contributed by atoms with van der Waals surface area (Å²) in [7, 11) is 0. The van der Waals surface area contributed by atoms with Gasteiger partial charge >= 0.3 is 0 Å². The summed E-state index contributed by atoms with van der Waals surface area (Å²) in [6.07, 6.45) is 0. The summed E-state index contributed by atoms with van der Waals surface area (Å²) in [5, 5.41) is 4.62. The van der Waals surface area contributed by atoms with Crippen LogP contribution < -0.4 is 4.90 Å². The summed E-state index contributed by atoms with van der Waals surface area (Å²) in [5.74, 6) is 0.606. The first-order valence-corrected chi connectivity index (χ1v) is 18.8. The van der Waals surface area contributed by atoms with Crippen LogP contribution in [0, 0.1) is 0 Å². The van der Waals surface area contributed by atoms with Crippen molar-refractivity contribution in [2.75, 3.05) is 4.90 Å². The molecule has 0 N–H and O–H groups in total. The van der Waals surface area contributed by atoms with E-state index in [0.29, 0.717) is 5.89 Å². The van der Waals surface area contributed by atoms with Crippen LogP contribution >= 0.6 is 11.3 Å². The lowest BCUT2D eigenvalue weighted by atomic mass is 10.0. The minimum absolute atomic E-state index is 0.606. The largest absolute Gasteiger partial charge is 0.456 e. The highest BCUT2D eigenvalue weighted by molar-refractivity contribution is 7.26. The first-order chi connectivity index (χ1) is 26.7. The van der Waals surface area contributed by atoms with E-state index >= 15 is 0 Å². The standard InChI is InChI=1S/C49H30N2O2S/c1-3-10-33(11-4-1)49-50-47-43(53-49)29-28-42-46(47)41-27-22-34(30-44(41)52-42)31-18-23-36(24-19-31)51(35-12-5-2-6-13-35)37-25-20-32(21-26-37)38-15-9-16-40-39-14-7-8-17-45(39)54-48(38)40/h1-30H. The van der Waals surface area contributed by atoms with Gasteiger partial charge in [-0.1, -0.05) is 103 Å². The number of oxazole rings is 1. The Bertz CT molecular complexity index is 3140. The van der Waals surface area contributed by atoms with E-state index in [-0.39, 0.29) is 0 Å². The second kappa shape index (κ2) is 12.3. The Morgan fingerprint density at radius 1 is 0.426 bits per heavy atom. The Kier molecular flexibility index (Phi) is 7.00. The first kappa shape index (κ1) is 30.7. The van der Waals surface area contributed by atoms with E-state index in [4.69, 9.17) is 13.8 Å². The van der Waals surface area contributed by atoms with E-state index in [9.17, 15) is 0 Å². The molecule has 0 saturated carbocycles. The van der Waals surface area contributed by atoms with Gasteiger partial charge in [-0.15, -0.1) is 11.3 Å². The molecule has 8 aromatic carbocycles. The third-order valence-corrected chi connectivity index (χ3v) is 11.5. The van der Waals surface area contributed by atoms with Gasteiger partial charge in [0.2, 0.25) is 5.89 Å². The third-order valence-electron chi connectivity index (χ3n) is 10.3. The summed E-state index contributed by atoms with van der Waals surface area (Å²) in [6, 6.07) is 63.9. The molecule has 11 aromatic rings. The zero-order valence-electron chi connectivity index (χ0n) is 28.9. The third kappa shape index (κ3) is 5.01. The maximum absolute atomic E-state index is 6.41. The van der Waals surface area contributed by atoms with Crippen molar-refractivity contribution >= 4 is 81.6 Å². The lowest BCUT2D eigenvalue weighted by Crippen LogP contribution is -2.09. The van der Waals surface area contributed by atoms with E-state index in [1.807, 2.05) is 53.8 Å². The topological polar surface area (TPSA) is 42.4 Å². The highest BCUT2D eigenvalue weighted by Crippen LogP contribution is 2.42. The summed E-state index contributed by atoms with van der Waals surface area (Å²) >= 11 is 1.87. The Balaban J connectivity index is 0.937. The number of anilines is 3. The van der Waals surface area contributed by atoms with Crippen LogP contribution in [0.1, 0.15) is 0 Å². The molecule has 254 valence electrons. The van der Waals surface area contributed by atoms with E-state index < -0.39 is 0 Å². The van der Waals surface area contributed by atoms with Crippen molar-refractivity contribution in [3.8, 4) is 33.7 Å². The molecule has 0 atom stereocenters. The Morgan fingerprint density at radius 2 is 1.07 bits per heavy atom. The van der Waals surface area contributed by atoms with E-state index in [0.717, 1.165) is 66.8 Å². The fourth-order valence-corrected chi connectivity index (χ4v) is 8.97. The zero-order valence-corrected chi connectivity index (χ0v) is 29.8. The first-order valence-electron chi connectivity index (χ1n) is 18.0. The molecular formula is C49H30N2O2S. The number of para-hydroxylation sites is 1. The van der Waals surface area contributed by atoms with Crippen molar-refractivity contribution < 1.29 is 8.83 Å². The molecule has 0 unspecified atom stereocenters. The summed E-state index contributed by atoms with van der Waals surface area (Å²) < 4.78 is 15.2. The van der Waals surface area contributed by atoms with Crippen molar-refractivity contribution in [3.63, 3.8) is 0 Å². The molecule has 0 radical (unpaired) electrons. The van der Waals surface area contributed by atoms with E-state index in [2.05, 4.69) is 144 Å². The smallest absolute Gasteiger partial charge is 0.227 e. The number of hydrogen-bond acceptors (Lipinski definition) is 5. The van der Waals surface area contributed by atoms with E-state index in [1.165, 1.54) is 31.3 Å². The molecule has 11 rings (SSSR count). The highest BCUT2D eigenvalue weighted by Gasteiger charge is 2.18. The SMILES string of the molecule is c1ccc(-c2nc3c(ccc4oc5cc(-c6ccc(N(c7ccccc7)c7ccc(-c8cccc9c8sc8ccccc89)cc7)cc6)ccc5c43)o2)cc1. The molecule has 5 heteroatoms. The number of thiophene rings is 1. The van der Waals surface area contributed by atoms with Crippen LogP contribution in [0.3, 0.4) is 0 Å². The van der Waals surface area contributed by atoms with Crippen LogP contribution in [0.5, 0.6) is 0 Å². The van der Waals surface area contributed by atoms with Gasteiger partial charge < -0.3 is 13.7 Å². The number of aromatic nitrogens is 1. The van der Waals surface area contributed by atoms with Gasteiger partial charge in [-0.3, -0.25) is 0 Å². The van der Waals surface area contributed by atoms with Crippen molar-refractivity contribution in [1.82, 2.24) is 4.98 Å². The minimum Gasteiger partial charge on any atom is -0.456 e. The van der Waals surface area contributed by atoms with Gasteiger partial charge in [0, 0.05) is 48.2 Å². The summed E-state index contributed by atoms with van der Waals surface area (Å²) in [6.45, 7) is 0. The number of furan rings is 1. The zero-order chi connectivity index (χ0) is 35.6. The number of fused-ring (bicyclic) bond motifs is 8. The molecular weight excluding hydrogens is 681 g/mol. The minimum atomic E-state index is 0.606. The lowest BCUT2D eigenvalue weighted by molar-refractivity contribution is 0.619. The summed E-state index contributed by atoms with van der Waals surface area (Å²) in [4.78, 5) is 7.21. The lowest BCUT2D eigenvalue weighted by Gasteiger charge is -2.26. The van der Waals surface area contributed by atoms with Gasteiger partial charge in [-0.25, -0.2) is 4.98 Å². The molecule has 0 amide bonds.